The van der Waals surface area contributed by atoms with Crippen molar-refractivity contribution in [1.82, 2.24) is 10.3 Å². The molecule has 0 saturated carbocycles. The first kappa shape index (κ1) is 21.1. The molecule has 1 amide bonds. The lowest BCUT2D eigenvalue weighted by molar-refractivity contribution is 0.0326. The van der Waals surface area contributed by atoms with Crippen LogP contribution in [-0.4, -0.2) is 48.8 Å². The average Bonchev–Trinajstić information content (AvgIpc) is 3.04. The Labute approximate surface area is 174 Å². The van der Waals surface area contributed by atoms with E-state index in [-0.39, 0.29) is 17.6 Å². The Morgan fingerprint density at radius 3 is 2.90 bits per heavy atom. The molecule has 1 saturated heterocycles. The van der Waals surface area contributed by atoms with Crippen molar-refractivity contribution < 1.29 is 14.6 Å². The maximum Gasteiger partial charge on any atom is 0.269 e. The lowest BCUT2D eigenvalue weighted by atomic mass is 9.88. The van der Waals surface area contributed by atoms with E-state index >= 15 is 0 Å². The number of anilines is 1. The Hall–Kier alpha value is -2.66. The van der Waals surface area contributed by atoms with Gasteiger partial charge in [-0.05, 0) is 37.6 Å². The number of benzene rings is 1. The number of carbonyl (C=O) groups excluding carboxylic acids is 1. The third-order valence-electron chi connectivity index (χ3n) is 5.39. The molecule has 2 N–H and O–H groups in total. The molecule has 1 fully saturated rings. The fourth-order valence-electron chi connectivity index (χ4n) is 3.60. The first-order valence-corrected chi connectivity index (χ1v) is 9.71. The summed E-state index contributed by atoms with van der Waals surface area (Å²) in [6.07, 6.45) is 2.06. The quantitative estimate of drug-likeness (QED) is 0.704. The molecule has 2 aromatic rings. The normalized spacial score (nSPS) is 21.1. The predicted molar refractivity (Wildman–Crippen MR) is 110 cm³/mol. The fourth-order valence-corrected chi connectivity index (χ4v) is 3.82. The highest BCUT2D eigenvalue weighted by molar-refractivity contribution is 6.32. The van der Waals surface area contributed by atoms with Crippen molar-refractivity contribution in [3.63, 3.8) is 0 Å². The van der Waals surface area contributed by atoms with Gasteiger partial charge in [0, 0.05) is 37.6 Å². The first-order valence-electron chi connectivity index (χ1n) is 9.33. The Morgan fingerprint density at radius 1 is 1.48 bits per heavy atom. The monoisotopic (exact) mass is 414 g/mol. The summed E-state index contributed by atoms with van der Waals surface area (Å²) in [5, 5.41) is 23.5. The number of hydrogen-bond donors (Lipinski definition) is 2. The second kappa shape index (κ2) is 8.78. The summed E-state index contributed by atoms with van der Waals surface area (Å²) in [5.41, 5.74) is 1.09. The topological polar surface area (TPSA) is 98.5 Å². The predicted octanol–water partition coefficient (Wildman–Crippen LogP) is 2.47. The number of halogens is 1. The molecule has 2 heterocycles. The highest BCUT2D eigenvalue weighted by Crippen LogP contribution is 2.40. The Bertz CT molecular complexity index is 929. The summed E-state index contributed by atoms with van der Waals surface area (Å²) >= 11 is 6.17. The van der Waals surface area contributed by atoms with E-state index in [4.69, 9.17) is 21.6 Å². The van der Waals surface area contributed by atoms with Crippen LogP contribution in [0.1, 0.15) is 35.0 Å². The second-order valence-corrected chi connectivity index (χ2v) is 7.41. The van der Waals surface area contributed by atoms with Crippen LogP contribution in [0.3, 0.4) is 0 Å². The third kappa shape index (κ3) is 4.20. The van der Waals surface area contributed by atoms with Crippen LogP contribution in [0.25, 0.3) is 0 Å². The molecular weight excluding hydrogens is 392 g/mol. The molecule has 1 aliphatic rings. The van der Waals surface area contributed by atoms with E-state index in [9.17, 15) is 9.90 Å². The van der Waals surface area contributed by atoms with Gasteiger partial charge < -0.3 is 20.1 Å². The molecule has 7 nitrogen and oxygen atoms in total. The molecule has 2 atom stereocenters. The molecule has 1 aromatic heterocycles. The Morgan fingerprint density at radius 2 is 2.28 bits per heavy atom. The number of nitrogens with one attached hydrogen (secondary N) is 1. The van der Waals surface area contributed by atoms with Gasteiger partial charge >= 0.3 is 0 Å². The number of nitrogens with zero attached hydrogens (tertiary/aromatic N) is 3. The zero-order chi connectivity index (χ0) is 21.0. The molecule has 152 valence electrons. The maximum atomic E-state index is 12.1. The fraction of sp³-hybridized carbons (Fsp3) is 0.381. The first-order chi connectivity index (χ1) is 13.9. The van der Waals surface area contributed by atoms with Gasteiger partial charge in [-0.3, -0.25) is 9.78 Å². The summed E-state index contributed by atoms with van der Waals surface area (Å²) < 4.78 is 4.91. The zero-order valence-electron chi connectivity index (χ0n) is 16.4. The van der Waals surface area contributed by atoms with Crippen LogP contribution in [0.15, 0.2) is 36.5 Å². The number of pyridine rings is 1. The van der Waals surface area contributed by atoms with Gasteiger partial charge in [-0.1, -0.05) is 17.7 Å². The number of carbonyl (C=O) groups is 1. The molecule has 0 bridgehead atoms. The van der Waals surface area contributed by atoms with Crippen molar-refractivity contribution in [2.45, 2.75) is 25.0 Å². The number of aromatic nitrogens is 1. The van der Waals surface area contributed by atoms with E-state index in [2.05, 4.69) is 15.2 Å². The van der Waals surface area contributed by atoms with Gasteiger partial charge in [0.05, 0.1) is 23.2 Å². The van der Waals surface area contributed by atoms with Gasteiger partial charge in [-0.15, -0.1) is 0 Å². The van der Waals surface area contributed by atoms with Crippen LogP contribution < -0.4 is 10.2 Å². The van der Waals surface area contributed by atoms with Crippen LogP contribution >= 0.6 is 11.6 Å². The number of amides is 1. The molecule has 8 heteroatoms. The van der Waals surface area contributed by atoms with Crippen LogP contribution in [0.2, 0.25) is 5.02 Å². The van der Waals surface area contributed by atoms with Gasteiger partial charge in [0.25, 0.3) is 5.91 Å². The summed E-state index contributed by atoms with van der Waals surface area (Å²) in [6, 6.07) is 10.4. The lowest BCUT2D eigenvalue weighted by Gasteiger charge is -2.33. The highest BCUT2D eigenvalue weighted by Gasteiger charge is 2.45. The molecule has 0 aliphatic carbocycles. The van der Waals surface area contributed by atoms with Gasteiger partial charge in [-0.25, -0.2) is 0 Å². The summed E-state index contributed by atoms with van der Waals surface area (Å²) in [7, 11) is 1.57. The molecule has 29 heavy (non-hydrogen) atoms. The maximum absolute atomic E-state index is 12.1. The van der Waals surface area contributed by atoms with E-state index in [0.717, 1.165) is 5.69 Å². The minimum absolute atomic E-state index is 0.241. The largest absolute Gasteiger partial charge is 0.383 e. The van der Waals surface area contributed by atoms with E-state index in [1.165, 1.54) is 0 Å². The van der Waals surface area contributed by atoms with E-state index < -0.39 is 5.60 Å². The lowest BCUT2D eigenvalue weighted by Crippen LogP contribution is -2.40. The summed E-state index contributed by atoms with van der Waals surface area (Å²) in [5.74, 6) is -0.283. The SMILES string of the molecule is COCCNC(=O)c1ccc([C@]2(O)CCN(c3ccc(C#N)c(Cl)c3)[C@H]2C)cn1. The van der Waals surface area contributed by atoms with E-state index in [0.29, 0.717) is 42.3 Å². The van der Waals surface area contributed by atoms with Crippen molar-refractivity contribution in [2.24, 2.45) is 0 Å². The minimum Gasteiger partial charge on any atom is -0.383 e. The molecule has 0 unspecified atom stereocenters. The average molecular weight is 415 g/mol. The second-order valence-electron chi connectivity index (χ2n) is 7.00. The molecule has 1 aromatic carbocycles. The molecule has 3 rings (SSSR count). The van der Waals surface area contributed by atoms with Crippen molar-refractivity contribution in [3.8, 4) is 6.07 Å². The number of ether oxygens (including phenoxy) is 1. The Kier molecular flexibility index (Phi) is 6.38. The molecule has 0 radical (unpaired) electrons. The number of rotatable bonds is 6. The Balaban J connectivity index is 1.76. The van der Waals surface area contributed by atoms with E-state index in [1.54, 1.807) is 37.6 Å². The highest BCUT2D eigenvalue weighted by atomic mass is 35.5. The zero-order valence-corrected chi connectivity index (χ0v) is 17.1. The number of aliphatic hydroxyl groups is 1. The van der Waals surface area contributed by atoms with Gasteiger partial charge in [0.15, 0.2) is 0 Å². The smallest absolute Gasteiger partial charge is 0.269 e. The number of methoxy groups -OCH3 is 1. The van der Waals surface area contributed by atoms with E-state index in [1.807, 2.05) is 19.1 Å². The standard InChI is InChI=1S/C21H23ClN4O3/c1-14-21(28,7-9-26(14)17-5-3-15(12-23)18(22)11-17)16-4-6-19(25-13-16)20(27)24-8-10-29-2/h3-6,11,13-14,28H,7-10H2,1-2H3,(H,24,27)/t14-,21-/m0/s1. The van der Waals surface area contributed by atoms with Crippen LogP contribution in [0.5, 0.6) is 0 Å². The van der Waals surface area contributed by atoms with Crippen molar-refractivity contribution in [2.75, 3.05) is 31.7 Å². The van der Waals surface area contributed by atoms with Crippen LogP contribution in [0.4, 0.5) is 5.69 Å². The minimum atomic E-state index is -1.11. The summed E-state index contributed by atoms with van der Waals surface area (Å²) in [4.78, 5) is 18.4. The molecule has 1 aliphatic heterocycles. The van der Waals surface area contributed by atoms with Gasteiger partial charge in [-0.2, -0.15) is 5.26 Å². The summed E-state index contributed by atoms with van der Waals surface area (Å²) in [6.45, 7) is 3.39. The number of nitriles is 1. The molecule has 0 spiro atoms. The molecular formula is C21H23ClN4O3. The number of hydrogen-bond acceptors (Lipinski definition) is 6. The van der Waals surface area contributed by atoms with Crippen molar-refractivity contribution in [1.29, 1.82) is 5.26 Å². The van der Waals surface area contributed by atoms with Crippen molar-refractivity contribution >= 4 is 23.2 Å². The third-order valence-corrected chi connectivity index (χ3v) is 5.70. The van der Waals surface area contributed by atoms with Gasteiger partial charge in [0.1, 0.15) is 17.4 Å². The van der Waals surface area contributed by atoms with Crippen LogP contribution in [0, 0.1) is 11.3 Å². The van der Waals surface area contributed by atoms with Crippen LogP contribution in [-0.2, 0) is 10.3 Å². The van der Waals surface area contributed by atoms with Gasteiger partial charge in [0.2, 0.25) is 0 Å². The van der Waals surface area contributed by atoms with Crippen molar-refractivity contribution in [3.05, 3.63) is 58.4 Å².